The van der Waals surface area contributed by atoms with Crippen molar-refractivity contribution in [1.82, 2.24) is 14.7 Å². The van der Waals surface area contributed by atoms with Crippen molar-refractivity contribution in [2.24, 2.45) is 5.41 Å². The van der Waals surface area contributed by atoms with E-state index in [2.05, 4.69) is 30.0 Å². The number of halogens is 1. The highest BCUT2D eigenvalue weighted by atomic mass is 19.1. The molecular formula is C21H30FN3O. The molecule has 1 N–H and O–H groups in total. The van der Waals surface area contributed by atoms with Gasteiger partial charge < -0.3 is 5.11 Å². The van der Waals surface area contributed by atoms with Crippen LogP contribution in [0.1, 0.15) is 43.0 Å². The molecule has 0 unspecified atom stereocenters. The molecule has 142 valence electrons. The van der Waals surface area contributed by atoms with E-state index in [0.29, 0.717) is 12.0 Å². The van der Waals surface area contributed by atoms with Crippen molar-refractivity contribution in [3.05, 3.63) is 53.1 Å². The van der Waals surface area contributed by atoms with Gasteiger partial charge in [-0.1, -0.05) is 25.1 Å². The third-order valence-electron chi connectivity index (χ3n) is 5.49. The average molecular weight is 359 g/mol. The van der Waals surface area contributed by atoms with Crippen molar-refractivity contribution in [2.45, 2.75) is 52.6 Å². The molecule has 1 aliphatic rings. The lowest BCUT2D eigenvalue weighted by Crippen LogP contribution is -2.46. The molecule has 1 saturated heterocycles. The summed E-state index contributed by atoms with van der Waals surface area (Å²) in [6, 6.07) is 6.93. The third kappa shape index (κ3) is 4.33. The van der Waals surface area contributed by atoms with Crippen molar-refractivity contribution in [1.29, 1.82) is 0 Å². The molecule has 26 heavy (non-hydrogen) atoms. The van der Waals surface area contributed by atoms with Gasteiger partial charge in [-0.2, -0.15) is 5.10 Å². The van der Waals surface area contributed by atoms with Gasteiger partial charge in [0.1, 0.15) is 5.82 Å². The Balaban J connectivity index is 1.72. The number of hydrogen-bond donors (Lipinski definition) is 1. The largest absolute Gasteiger partial charge is 0.396 e. The maximum absolute atomic E-state index is 14.1. The molecule has 1 aliphatic heterocycles. The molecule has 3 rings (SSSR count). The summed E-state index contributed by atoms with van der Waals surface area (Å²) in [7, 11) is 0. The number of hydrogen-bond acceptors (Lipinski definition) is 3. The zero-order chi connectivity index (χ0) is 18.6. The molecule has 0 spiro atoms. The monoisotopic (exact) mass is 359 g/mol. The summed E-state index contributed by atoms with van der Waals surface area (Å²) in [5.74, 6) is -0.172. The number of piperidine rings is 1. The second kappa shape index (κ2) is 8.31. The molecule has 2 aromatic rings. The summed E-state index contributed by atoms with van der Waals surface area (Å²) in [5.41, 5.74) is 2.76. The topological polar surface area (TPSA) is 41.3 Å². The van der Waals surface area contributed by atoms with Gasteiger partial charge in [0.05, 0.1) is 12.3 Å². The van der Waals surface area contributed by atoms with E-state index in [9.17, 15) is 9.50 Å². The zero-order valence-electron chi connectivity index (χ0n) is 15.9. The number of aliphatic hydroxyl groups is 1. The van der Waals surface area contributed by atoms with Gasteiger partial charge in [-0.3, -0.25) is 9.58 Å². The Morgan fingerprint density at radius 2 is 2.08 bits per heavy atom. The molecular weight excluding hydrogens is 329 g/mol. The maximum atomic E-state index is 14.1. The quantitative estimate of drug-likeness (QED) is 0.822. The van der Waals surface area contributed by atoms with Gasteiger partial charge in [0.15, 0.2) is 0 Å². The summed E-state index contributed by atoms with van der Waals surface area (Å²) >= 11 is 0. The van der Waals surface area contributed by atoms with Crippen LogP contribution < -0.4 is 0 Å². The molecule has 5 heteroatoms. The van der Waals surface area contributed by atoms with E-state index in [4.69, 9.17) is 0 Å². The Kier molecular flexibility index (Phi) is 6.09. The zero-order valence-corrected chi connectivity index (χ0v) is 15.9. The van der Waals surface area contributed by atoms with Crippen molar-refractivity contribution in [3.63, 3.8) is 0 Å². The highest BCUT2D eigenvalue weighted by Gasteiger charge is 2.36. The average Bonchev–Trinajstić information content (AvgIpc) is 2.97. The summed E-state index contributed by atoms with van der Waals surface area (Å²) < 4.78 is 16.1. The van der Waals surface area contributed by atoms with Crippen LogP contribution in [0.25, 0.3) is 0 Å². The normalized spacial score (nSPS) is 21.2. The molecule has 4 nitrogen and oxygen atoms in total. The van der Waals surface area contributed by atoms with Crippen LogP contribution in [0.2, 0.25) is 0 Å². The summed E-state index contributed by atoms with van der Waals surface area (Å²) in [4.78, 5) is 2.39. The van der Waals surface area contributed by atoms with Gasteiger partial charge in [-0.25, -0.2) is 4.39 Å². The van der Waals surface area contributed by atoms with Gasteiger partial charge in [0.25, 0.3) is 0 Å². The maximum Gasteiger partial charge on any atom is 0.126 e. The Hall–Kier alpha value is -1.72. The number of aliphatic hydroxyl groups excluding tert-OH is 1. The highest BCUT2D eigenvalue weighted by Crippen LogP contribution is 2.34. The first-order valence-corrected chi connectivity index (χ1v) is 9.65. The van der Waals surface area contributed by atoms with E-state index in [1.807, 2.05) is 16.8 Å². The second-order valence-corrected chi connectivity index (χ2v) is 7.74. The number of nitrogens with zero attached hydrogens (tertiary/aromatic N) is 3. The minimum atomic E-state index is -0.270. The highest BCUT2D eigenvalue weighted by molar-refractivity contribution is 5.20. The van der Waals surface area contributed by atoms with Gasteiger partial charge in [0, 0.05) is 36.8 Å². The first-order chi connectivity index (χ1) is 12.5. The van der Waals surface area contributed by atoms with Crippen molar-refractivity contribution < 1.29 is 9.50 Å². The molecule has 1 atom stereocenters. The van der Waals surface area contributed by atoms with Gasteiger partial charge in [-0.05, 0) is 50.8 Å². The first-order valence-electron chi connectivity index (χ1n) is 9.65. The second-order valence-electron chi connectivity index (χ2n) is 7.74. The number of likely N-dealkylation sites (tertiary alicyclic amines) is 1. The molecule has 0 aliphatic carbocycles. The lowest BCUT2D eigenvalue weighted by atomic mass is 9.75. The Morgan fingerprint density at radius 1 is 1.27 bits per heavy atom. The van der Waals surface area contributed by atoms with E-state index >= 15 is 0 Å². The van der Waals surface area contributed by atoms with E-state index in [-0.39, 0.29) is 17.8 Å². The molecule has 1 fully saturated rings. The fourth-order valence-corrected chi connectivity index (χ4v) is 4.12. The van der Waals surface area contributed by atoms with Crippen LogP contribution in [0.3, 0.4) is 0 Å². The predicted molar refractivity (Wildman–Crippen MR) is 101 cm³/mol. The molecule has 0 amide bonds. The molecule has 0 saturated carbocycles. The van der Waals surface area contributed by atoms with Crippen molar-refractivity contribution in [2.75, 3.05) is 19.7 Å². The number of aromatic nitrogens is 2. The summed E-state index contributed by atoms with van der Waals surface area (Å²) in [6.07, 6.45) is 5.76. The van der Waals surface area contributed by atoms with E-state index in [1.54, 1.807) is 6.07 Å². The molecule has 1 aromatic carbocycles. The van der Waals surface area contributed by atoms with Gasteiger partial charge in [0.2, 0.25) is 0 Å². The molecule has 2 heterocycles. The molecule has 1 aromatic heterocycles. The SMILES string of the molecule is CCCn1cc(CN2CCC[C@@](CO)(Cc3ccccc3F)C2)c(C)n1. The van der Waals surface area contributed by atoms with Crippen LogP contribution in [0.5, 0.6) is 0 Å². The molecule has 0 bridgehead atoms. The van der Waals surface area contributed by atoms with Crippen LogP contribution in [0.15, 0.2) is 30.5 Å². The van der Waals surface area contributed by atoms with E-state index in [1.165, 1.54) is 11.6 Å². The van der Waals surface area contributed by atoms with Crippen LogP contribution in [0, 0.1) is 18.2 Å². The van der Waals surface area contributed by atoms with Crippen LogP contribution in [-0.4, -0.2) is 39.5 Å². The fourth-order valence-electron chi connectivity index (χ4n) is 4.12. The predicted octanol–water partition coefficient (Wildman–Crippen LogP) is 3.56. The van der Waals surface area contributed by atoms with Crippen LogP contribution in [0.4, 0.5) is 4.39 Å². The third-order valence-corrected chi connectivity index (χ3v) is 5.49. The van der Waals surface area contributed by atoms with E-state index in [0.717, 1.165) is 51.1 Å². The Labute approximate surface area is 155 Å². The number of rotatable bonds is 7. The number of benzene rings is 1. The first kappa shape index (κ1) is 19.1. The lowest BCUT2D eigenvalue weighted by molar-refractivity contribution is 0.0282. The minimum Gasteiger partial charge on any atom is -0.396 e. The van der Waals surface area contributed by atoms with Crippen LogP contribution in [-0.2, 0) is 19.5 Å². The Bertz CT molecular complexity index is 730. The van der Waals surface area contributed by atoms with Crippen molar-refractivity contribution >= 4 is 0 Å². The van der Waals surface area contributed by atoms with E-state index < -0.39 is 0 Å². The number of aryl methyl sites for hydroxylation is 2. The summed E-state index contributed by atoms with van der Waals surface area (Å²) in [6.45, 7) is 7.88. The Morgan fingerprint density at radius 3 is 2.81 bits per heavy atom. The smallest absolute Gasteiger partial charge is 0.126 e. The molecule has 0 radical (unpaired) electrons. The minimum absolute atomic E-state index is 0.0892. The summed E-state index contributed by atoms with van der Waals surface area (Å²) in [5, 5.41) is 14.7. The standard InChI is InChI=1S/C21H30FN3O/c1-3-10-25-14-19(17(2)23-25)13-24-11-6-9-21(15-24,16-26)12-18-7-4-5-8-20(18)22/h4-5,7-8,14,26H,3,6,9-13,15-16H2,1-2H3/t21-/m1/s1. The fraction of sp³-hybridized carbons (Fsp3) is 0.571. The van der Waals surface area contributed by atoms with Crippen LogP contribution >= 0.6 is 0 Å². The van der Waals surface area contributed by atoms with Gasteiger partial charge >= 0.3 is 0 Å². The van der Waals surface area contributed by atoms with Crippen molar-refractivity contribution in [3.8, 4) is 0 Å². The van der Waals surface area contributed by atoms with Gasteiger partial charge in [-0.15, -0.1) is 0 Å². The lowest BCUT2D eigenvalue weighted by Gasteiger charge is -2.42.